The Hall–Kier alpha value is -1.40. The quantitative estimate of drug-likeness (QED) is 0.896. The molecule has 0 fully saturated rings. The minimum atomic E-state index is -4.40. The van der Waals surface area contributed by atoms with Crippen molar-refractivity contribution in [2.45, 2.75) is 33.0 Å². The fraction of sp³-hybridized carbons (Fsp3) is 0.400. The largest absolute Gasteiger partial charge is 0.434 e. The van der Waals surface area contributed by atoms with Crippen LogP contribution in [0.1, 0.15) is 33.6 Å². The number of hydrogen-bond acceptors (Lipinski definition) is 3. The van der Waals surface area contributed by atoms with E-state index in [-0.39, 0.29) is 11.4 Å². The first-order valence-corrected chi connectivity index (χ1v) is 7.54. The number of rotatable bonds is 5. The zero-order valence-corrected chi connectivity index (χ0v) is 12.7. The highest BCUT2D eigenvalue weighted by atomic mass is 32.1. The number of alkyl halides is 3. The first kappa shape index (κ1) is 16.0. The zero-order chi connectivity index (χ0) is 15.5. The number of aromatic nitrogens is 1. The molecule has 21 heavy (non-hydrogen) atoms. The van der Waals surface area contributed by atoms with Crippen molar-refractivity contribution < 1.29 is 13.2 Å². The Morgan fingerprint density at radius 2 is 1.95 bits per heavy atom. The van der Waals surface area contributed by atoms with E-state index >= 15 is 0 Å². The molecule has 2 nitrogen and oxygen atoms in total. The van der Waals surface area contributed by atoms with Crippen LogP contribution in [0.25, 0.3) is 0 Å². The van der Waals surface area contributed by atoms with Crippen LogP contribution in [0.3, 0.4) is 0 Å². The fourth-order valence-electron chi connectivity index (χ4n) is 2.03. The van der Waals surface area contributed by atoms with Crippen molar-refractivity contribution in [2.24, 2.45) is 0 Å². The van der Waals surface area contributed by atoms with Crippen LogP contribution in [-0.2, 0) is 19.1 Å². The molecule has 1 aromatic carbocycles. The summed E-state index contributed by atoms with van der Waals surface area (Å²) >= 11 is 1.14. The molecule has 0 radical (unpaired) electrons. The molecule has 6 heteroatoms. The maximum Gasteiger partial charge on any atom is 0.434 e. The van der Waals surface area contributed by atoms with E-state index in [1.54, 1.807) is 0 Å². The second-order valence-electron chi connectivity index (χ2n) is 4.76. The van der Waals surface area contributed by atoms with Crippen LogP contribution in [0.4, 0.5) is 13.2 Å². The first-order valence-electron chi connectivity index (χ1n) is 6.72. The van der Waals surface area contributed by atoms with Gasteiger partial charge < -0.3 is 5.32 Å². The molecule has 1 N–H and O–H groups in total. The van der Waals surface area contributed by atoms with E-state index in [0.29, 0.717) is 18.0 Å². The number of nitrogens with one attached hydrogen (secondary N) is 1. The number of thiazole rings is 1. The summed E-state index contributed by atoms with van der Waals surface area (Å²) in [6.07, 6.45) is -3.96. The van der Waals surface area contributed by atoms with E-state index in [9.17, 15) is 13.2 Å². The molecule has 1 aromatic heterocycles. The van der Waals surface area contributed by atoms with Crippen molar-refractivity contribution in [3.63, 3.8) is 0 Å². The molecule has 0 unspecified atom stereocenters. The lowest BCUT2D eigenvalue weighted by atomic mass is 10.1. The van der Waals surface area contributed by atoms with E-state index in [1.165, 1.54) is 0 Å². The SMILES string of the molecule is CCNCc1sc(Cc2ccccc2C)nc1C(F)(F)F. The third-order valence-electron chi connectivity index (χ3n) is 3.15. The second-order valence-corrected chi connectivity index (χ2v) is 5.93. The first-order chi connectivity index (χ1) is 9.91. The summed E-state index contributed by atoms with van der Waals surface area (Å²) in [6, 6.07) is 7.68. The summed E-state index contributed by atoms with van der Waals surface area (Å²) in [7, 11) is 0. The average molecular weight is 314 g/mol. The van der Waals surface area contributed by atoms with Crippen LogP contribution in [0.2, 0.25) is 0 Å². The zero-order valence-electron chi connectivity index (χ0n) is 11.9. The van der Waals surface area contributed by atoms with Gasteiger partial charge in [-0.05, 0) is 24.6 Å². The maximum atomic E-state index is 13.0. The summed E-state index contributed by atoms with van der Waals surface area (Å²) in [5.74, 6) is 0. The number of hydrogen-bond donors (Lipinski definition) is 1. The topological polar surface area (TPSA) is 24.9 Å². The summed E-state index contributed by atoms with van der Waals surface area (Å²) in [6.45, 7) is 4.65. The van der Waals surface area contributed by atoms with Crippen molar-refractivity contribution in [3.8, 4) is 0 Å². The molecule has 114 valence electrons. The van der Waals surface area contributed by atoms with Crippen LogP contribution >= 0.6 is 11.3 Å². The second kappa shape index (κ2) is 6.58. The minimum absolute atomic E-state index is 0.205. The van der Waals surface area contributed by atoms with Gasteiger partial charge in [-0.3, -0.25) is 0 Å². The molecule has 2 aromatic rings. The molecule has 0 saturated carbocycles. The van der Waals surface area contributed by atoms with E-state index in [2.05, 4.69) is 10.3 Å². The Labute approximate surface area is 126 Å². The number of halogens is 3. The van der Waals surface area contributed by atoms with Gasteiger partial charge in [0.1, 0.15) is 0 Å². The van der Waals surface area contributed by atoms with Gasteiger partial charge in [-0.15, -0.1) is 11.3 Å². The van der Waals surface area contributed by atoms with E-state index in [1.807, 2.05) is 38.1 Å². The van der Waals surface area contributed by atoms with Crippen molar-refractivity contribution in [1.29, 1.82) is 0 Å². The molecule has 1 heterocycles. The van der Waals surface area contributed by atoms with E-state index < -0.39 is 11.9 Å². The number of nitrogens with zero attached hydrogens (tertiary/aromatic N) is 1. The van der Waals surface area contributed by atoms with Gasteiger partial charge in [0.15, 0.2) is 5.69 Å². The number of aryl methyl sites for hydroxylation is 1. The Balaban J connectivity index is 2.29. The number of benzene rings is 1. The highest BCUT2D eigenvalue weighted by Gasteiger charge is 2.37. The summed E-state index contributed by atoms with van der Waals surface area (Å²) in [5.41, 5.74) is 1.32. The Morgan fingerprint density at radius 1 is 1.24 bits per heavy atom. The van der Waals surface area contributed by atoms with Crippen molar-refractivity contribution in [1.82, 2.24) is 10.3 Å². The average Bonchev–Trinajstić information content (AvgIpc) is 2.82. The molecule has 0 bridgehead atoms. The smallest absolute Gasteiger partial charge is 0.312 e. The van der Waals surface area contributed by atoms with Gasteiger partial charge in [-0.2, -0.15) is 13.2 Å². The van der Waals surface area contributed by atoms with Gasteiger partial charge >= 0.3 is 6.18 Å². The fourth-order valence-corrected chi connectivity index (χ4v) is 3.11. The molecular weight excluding hydrogens is 297 g/mol. The molecule has 0 atom stereocenters. The van der Waals surface area contributed by atoms with Crippen molar-refractivity contribution in [3.05, 3.63) is 51.0 Å². The van der Waals surface area contributed by atoms with Gasteiger partial charge in [-0.1, -0.05) is 31.2 Å². The van der Waals surface area contributed by atoms with Crippen LogP contribution in [-0.4, -0.2) is 11.5 Å². The van der Waals surface area contributed by atoms with Crippen LogP contribution in [0.15, 0.2) is 24.3 Å². The normalized spacial score (nSPS) is 11.9. The van der Waals surface area contributed by atoms with Gasteiger partial charge in [0.25, 0.3) is 0 Å². The van der Waals surface area contributed by atoms with E-state index in [4.69, 9.17) is 0 Å². The lowest BCUT2D eigenvalue weighted by molar-refractivity contribution is -0.141. The molecule has 0 saturated heterocycles. The third-order valence-corrected chi connectivity index (χ3v) is 4.20. The molecule has 0 amide bonds. The Morgan fingerprint density at radius 3 is 2.57 bits per heavy atom. The van der Waals surface area contributed by atoms with Crippen LogP contribution in [0.5, 0.6) is 0 Å². The molecule has 0 aliphatic carbocycles. The van der Waals surface area contributed by atoms with Crippen LogP contribution < -0.4 is 5.32 Å². The highest BCUT2D eigenvalue weighted by Crippen LogP contribution is 2.35. The van der Waals surface area contributed by atoms with Crippen molar-refractivity contribution >= 4 is 11.3 Å². The van der Waals surface area contributed by atoms with Crippen molar-refractivity contribution in [2.75, 3.05) is 6.54 Å². The van der Waals surface area contributed by atoms with Crippen LogP contribution in [0, 0.1) is 6.92 Å². The van der Waals surface area contributed by atoms with Gasteiger partial charge in [0.2, 0.25) is 0 Å². The molecular formula is C15H17F3N2S. The molecule has 0 spiro atoms. The summed E-state index contributed by atoms with van der Waals surface area (Å²) in [4.78, 5) is 4.08. The Kier molecular flexibility index (Phi) is 5.00. The predicted molar refractivity (Wildman–Crippen MR) is 78.5 cm³/mol. The van der Waals surface area contributed by atoms with Gasteiger partial charge in [0.05, 0.1) is 9.88 Å². The van der Waals surface area contributed by atoms with E-state index in [0.717, 1.165) is 22.5 Å². The third kappa shape index (κ3) is 4.04. The minimum Gasteiger partial charge on any atom is -0.312 e. The molecule has 0 aliphatic heterocycles. The van der Waals surface area contributed by atoms with Gasteiger partial charge in [0, 0.05) is 13.0 Å². The highest BCUT2D eigenvalue weighted by molar-refractivity contribution is 7.11. The predicted octanol–water partition coefficient (Wildman–Crippen LogP) is 4.17. The summed E-state index contributed by atoms with van der Waals surface area (Å²) in [5, 5.41) is 3.44. The monoisotopic (exact) mass is 314 g/mol. The standard InChI is InChI=1S/C15H17F3N2S/c1-3-19-9-12-14(15(16,17)18)20-13(21-12)8-11-7-5-4-6-10(11)2/h4-7,19H,3,8-9H2,1-2H3. The Bertz CT molecular complexity index is 605. The lowest BCUT2D eigenvalue weighted by Crippen LogP contribution is -2.15. The molecule has 2 rings (SSSR count). The lowest BCUT2D eigenvalue weighted by Gasteiger charge is -2.05. The maximum absolute atomic E-state index is 13.0. The summed E-state index contributed by atoms with van der Waals surface area (Å²) < 4.78 is 39.1. The molecule has 0 aliphatic rings. The van der Waals surface area contributed by atoms with Gasteiger partial charge in [-0.25, -0.2) is 4.98 Å².